The summed E-state index contributed by atoms with van der Waals surface area (Å²) in [6.45, 7) is 2.74. The smallest absolute Gasteiger partial charge is 0.273 e. The largest absolute Gasteiger partial charge is 0.383 e. The van der Waals surface area contributed by atoms with Gasteiger partial charge in [0.1, 0.15) is 5.82 Å². The summed E-state index contributed by atoms with van der Waals surface area (Å²) in [4.78, 5) is 0. The highest BCUT2D eigenvalue weighted by atomic mass is 32.2. The van der Waals surface area contributed by atoms with Crippen LogP contribution in [0.15, 0.2) is 5.16 Å². The maximum Gasteiger partial charge on any atom is 0.273 e. The van der Waals surface area contributed by atoms with E-state index in [1.807, 2.05) is 6.92 Å². The molecule has 8 heteroatoms. The van der Waals surface area contributed by atoms with Crippen LogP contribution in [0.4, 0.5) is 0 Å². The Kier molecular flexibility index (Phi) is 4.39. The molecule has 0 unspecified atom stereocenters. The number of hydrogen-bond acceptors (Lipinski definition) is 5. The lowest BCUT2D eigenvalue weighted by atomic mass is 10.3. The van der Waals surface area contributed by atoms with Crippen LogP contribution in [0.5, 0.6) is 0 Å². The Labute approximate surface area is 94.7 Å². The molecule has 0 saturated carbocycles. The number of primary sulfonamides is 1. The zero-order chi connectivity index (χ0) is 12.2. The normalized spacial score (nSPS) is 11.9. The molecule has 1 rings (SSSR count). The maximum absolute atomic E-state index is 11.2. The van der Waals surface area contributed by atoms with Gasteiger partial charge in [0.2, 0.25) is 0 Å². The van der Waals surface area contributed by atoms with E-state index < -0.39 is 10.0 Å². The fourth-order valence-corrected chi connectivity index (χ4v) is 2.00. The van der Waals surface area contributed by atoms with Gasteiger partial charge in [-0.05, 0) is 6.42 Å². The summed E-state index contributed by atoms with van der Waals surface area (Å²) in [5, 5.41) is 12.3. The van der Waals surface area contributed by atoms with Gasteiger partial charge in [-0.25, -0.2) is 13.6 Å². The molecular formula is C8H16N4O3S. The number of ether oxygens (including phenoxy) is 1. The molecule has 7 nitrogen and oxygen atoms in total. The first-order chi connectivity index (χ1) is 7.50. The molecule has 0 fully saturated rings. The summed E-state index contributed by atoms with van der Waals surface area (Å²) in [6.07, 6.45) is 1.52. The summed E-state index contributed by atoms with van der Waals surface area (Å²) in [6, 6.07) is 0. The van der Waals surface area contributed by atoms with Crippen molar-refractivity contribution in [3.63, 3.8) is 0 Å². The van der Waals surface area contributed by atoms with Crippen molar-refractivity contribution in [2.75, 3.05) is 13.7 Å². The van der Waals surface area contributed by atoms with Crippen LogP contribution < -0.4 is 5.14 Å². The number of nitrogens with two attached hydrogens (primary N) is 1. The van der Waals surface area contributed by atoms with E-state index in [1.54, 1.807) is 7.11 Å². The third kappa shape index (κ3) is 3.00. The molecule has 1 aromatic heterocycles. The molecule has 0 aliphatic carbocycles. The second-order valence-corrected chi connectivity index (χ2v) is 4.79. The first kappa shape index (κ1) is 13.1. The van der Waals surface area contributed by atoms with Gasteiger partial charge in [-0.1, -0.05) is 6.92 Å². The van der Waals surface area contributed by atoms with E-state index in [-0.39, 0.29) is 5.16 Å². The Balaban J connectivity index is 3.09. The lowest BCUT2D eigenvalue weighted by Crippen LogP contribution is -2.21. The van der Waals surface area contributed by atoms with Gasteiger partial charge in [-0.15, -0.1) is 10.2 Å². The number of nitrogens with zero attached hydrogens (tertiary/aromatic N) is 3. The molecule has 0 aliphatic heterocycles. The number of hydrogen-bond donors (Lipinski definition) is 1. The highest BCUT2D eigenvalue weighted by Gasteiger charge is 2.20. The molecule has 0 atom stereocenters. The molecule has 2 N–H and O–H groups in total. The van der Waals surface area contributed by atoms with Crippen molar-refractivity contribution >= 4 is 10.0 Å². The second kappa shape index (κ2) is 5.37. The van der Waals surface area contributed by atoms with Crippen LogP contribution in [0.1, 0.15) is 19.2 Å². The number of methoxy groups -OCH3 is 1. The zero-order valence-electron chi connectivity index (χ0n) is 9.38. The fraction of sp³-hybridized carbons (Fsp3) is 0.750. The minimum atomic E-state index is -3.83. The van der Waals surface area contributed by atoms with Crippen LogP contribution in [0.2, 0.25) is 0 Å². The topological polar surface area (TPSA) is 100 Å². The molecule has 0 bridgehead atoms. The Hall–Kier alpha value is -0.990. The fourth-order valence-electron chi connectivity index (χ4n) is 1.35. The average Bonchev–Trinajstić information content (AvgIpc) is 2.58. The lowest BCUT2D eigenvalue weighted by Gasteiger charge is -2.07. The van der Waals surface area contributed by atoms with Crippen LogP contribution in [0.25, 0.3) is 0 Å². The predicted octanol–water partition coefficient (Wildman–Crippen LogP) is -0.476. The van der Waals surface area contributed by atoms with Gasteiger partial charge >= 0.3 is 0 Å². The van der Waals surface area contributed by atoms with E-state index in [0.717, 1.165) is 6.42 Å². The van der Waals surface area contributed by atoms with Crippen molar-refractivity contribution in [1.29, 1.82) is 0 Å². The number of rotatable bonds is 6. The van der Waals surface area contributed by atoms with Gasteiger partial charge in [0.05, 0.1) is 6.61 Å². The van der Waals surface area contributed by atoms with Gasteiger partial charge in [0.25, 0.3) is 15.2 Å². The van der Waals surface area contributed by atoms with Crippen LogP contribution in [-0.4, -0.2) is 36.9 Å². The first-order valence-electron chi connectivity index (χ1n) is 4.94. The molecule has 0 spiro atoms. The van der Waals surface area contributed by atoms with Crippen molar-refractivity contribution in [3.05, 3.63) is 5.82 Å². The highest BCUT2D eigenvalue weighted by Crippen LogP contribution is 2.08. The molecule has 1 heterocycles. The van der Waals surface area contributed by atoms with Crippen LogP contribution >= 0.6 is 0 Å². The van der Waals surface area contributed by atoms with Crippen molar-refractivity contribution in [1.82, 2.24) is 14.8 Å². The Morgan fingerprint density at radius 2 is 2.12 bits per heavy atom. The molecule has 1 aromatic rings. The van der Waals surface area contributed by atoms with Crippen molar-refractivity contribution < 1.29 is 13.2 Å². The molecule has 0 aliphatic rings. The van der Waals surface area contributed by atoms with Crippen molar-refractivity contribution in [3.8, 4) is 0 Å². The van der Waals surface area contributed by atoms with E-state index in [2.05, 4.69) is 10.2 Å². The van der Waals surface area contributed by atoms with E-state index in [4.69, 9.17) is 9.88 Å². The molecule has 0 saturated heterocycles. The summed E-state index contributed by atoms with van der Waals surface area (Å²) < 4.78 is 28.9. The van der Waals surface area contributed by atoms with Crippen LogP contribution in [0.3, 0.4) is 0 Å². The first-order valence-corrected chi connectivity index (χ1v) is 6.49. The minimum Gasteiger partial charge on any atom is -0.383 e. The van der Waals surface area contributed by atoms with E-state index in [1.165, 1.54) is 4.57 Å². The minimum absolute atomic E-state index is 0.201. The molecular weight excluding hydrogens is 232 g/mol. The number of aryl methyl sites for hydroxylation is 1. The monoisotopic (exact) mass is 248 g/mol. The van der Waals surface area contributed by atoms with Gasteiger partial charge in [0.15, 0.2) is 0 Å². The van der Waals surface area contributed by atoms with Gasteiger partial charge in [-0.3, -0.25) is 4.57 Å². The van der Waals surface area contributed by atoms with E-state index >= 15 is 0 Å². The third-order valence-electron chi connectivity index (χ3n) is 2.04. The average molecular weight is 248 g/mol. The Bertz CT molecular complexity index is 440. The molecule has 0 aromatic carbocycles. The third-order valence-corrected chi connectivity index (χ3v) is 2.85. The Morgan fingerprint density at radius 1 is 1.44 bits per heavy atom. The molecule has 0 radical (unpaired) electrons. The van der Waals surface area contributed by atoms with Crippen molar-refractivity contribution in [2.45, 2.75) is 31.5 Å². The number of sulfonamides is 1. The molecule has 92 valence electrons. The maximum atomic E-state index is 11.2. The SMILES string of the molecule is CCCc1nnc(S(N)(=O)=O)n1CCOC. The van der Waals surface area contributed by atoms with E-state index in [9.17, 15) is 8.42 Å². The quantitative estimate of drug-likeness (QED) is 0.733. The summed E-state index contributed by atoms with van der Waals surface area (Å²) >= 11 is 0. The van der Waals surface area contributed by atoms with Crippen LogP contribution in [0, 0.1) is 0 Å². The van der Waals surface area contributed by atoms with Gasteiger partial charge in [-0.2, -0.15) is 0 Å². The zero-order valence-corrected chi connectivity index (χ0v) is 10.2. The van der Waals surface area contributed by atoms with E-state index in [0.29, 0.717) is 25.4 Å². The van der Waals surface area contributed by atoms with Gasteiger partial charge < -0.3 is 4.74 Å². The molecule has 16 heavy (non-hydrogen) atoms. The summed E-state index contributed by atoms with van der Waals surface area (Å²) in [5.41, 5.74) is 0. The summed E-state index contributed by atoms with van der Waals surface area (Å²) in [7, 11) is -2.29. The summed E-state index contributed by atoms with van der Waals surface area (Å²) in [5.74, 6) is 0.614. The predicted molar refractivity (Wildman–Crippen MR) is 57.3 cm³/mol. The van der Waals surface area contributed by atoms with Gasteiger partial charge in [0, 0.05) is 20.1 Å². The standard InChI is InChI=1S/C8H16N4O3S/c1-3-4-7-10-11-8(16(9,13)14)12(7)5-6-15-2/h3-6H2,1-2H3,(H2,9,13,14). The van der Waals surface area contributed by atoms with Crippen LogP contribution in [-0.2, 0) is 27.7 Å². The molecule has 0 amide bonds. The Morgan fingerprint density at radius 3 is 2.62 bits per heavy atom. The second-order valence-electron chi connectivity index (χ2n) is 3.34. The van der Waals surface area contributed by atoms with Crippen molar-refractivity contribution in [2.24, 2.45) is 5.14 Å². The lowest BCUT2D eigenvalue weighted by molar-refractivity contribution is 0.183. The highest BCUT2D eigenvalue weighted by molar-refractivity contribution is 7.89. The number of aromatic nitrogens is 3.